The second-order valence-corrected chi connectivity index (χ2v) is 7.35. The third-order valence-electron chi connectivity index (χ3n) is 3.88. The molecule has 2 nitrogen and oxygen atoms in total. The Kier molecular flexibility index (Phi) is 4.45. The molecule has 0 bridgehead atoms. The molecule has 1 heterocycles. The van der Waals surface area contributed by atoms with Crippen LogP contribution < -0.4 is 4.74 Å². The van der Waals surface area contributed by atoms with Crippen LogP contribution >= 0.6 is 27.3 Å². The second kappa shape index (κ2) is 6.32. The van der Waals surface area contributed by atoms with Crippen LogP contribution in [0, 0.1) is 0 Å². The number of carbonyl (C=O) groups excluding carboxylic acids is 1. The van der Waals surface area contributed by atoms with Crippen LogP contribution in [0.5, 0.6) is 5.75 Å². The van der Waals surface area contributed by atoms with Crippen LogP contribution in [0.15, 0.2) is 28.7 Å². The number of carbonyl (C=O) groups is 1. The summed E-state index contributed by atoms with van der Waals surface area (Å²) in [5.74, 6) is 0.693. The van der Waals surface area contributed by atoms with Crippen LogP contribution in [0.25, 0.3) is 0 Å². The number of rotatable bonds is 3. The van der Waals surface area contributed by atoms with Gasteiger partial charge in [0.05, 0.1) is 17.6 Å². The van der Waals surface area contributed by atoms with Gasteiger partial charge in [0, 0.05) is 9.35 Å². The highest BCUT2D eigenvalue weighted by molar-refractivity contribution is 9.10. The van der Waals surface area contributed by atoms with Crippen molar-refractivity contribution in [2.75, 3.05) is 7.11 Å². The van der Waals surface area contributed by atoms with Crippen LogP contribution in [0.2, 0.25) is 0 Å². The largest absolute Gasteiger partial charge is 0.496 e. The maximum absolute atomic E-state index is 12.8. The van der Waals surface area contributed by atoms with Crippen LogP contribution in [-0.2, 0) is 12.8 Å². The van der Waals surface area contributed by atoms with E-state index in [2.05, 4.69) is 22.0 Å². The van der Waals surface area contributed by atoms with Gasteiger partial charge < -0.3 is 4.74 Å². The van der Waals surface area contributed by atoms with Gasteiger partial charge >= 0.3 is 0 Å². The van der Waals surface area contributed by atoms with Crippen LogP contribution in [0.3, 0.4) is 0 Å². The van der Waals surface area contributed by atoms with E-state index < -0.39 is 0 Å². The zero-order valence-electron chi connectivity index (χ0n) is 11.9. The first-order valence-electron chi connectivity index (χ1n) is 7.19. The second-order valence-electron chi connectivity index (χ2n) is 5.29. The van der Waals surface area contributed by atoms with Gasteiger partial charge in [0.25, 0.3) is 0 Å². The minimum Gasteiger partial charge on any atom is -0.496 e. The molecule has 0 atom stereocenters. The van der Waals surface area contributed by atoms with Gasteiger partial charge in [-0.1, -0.05) is 22.4 Å². The van der Waals surface area contributed by atoms with Gasteiger partial charge in [0.2, 0.25) is 5.78 Å². The topological polar surface area (TPSA) is 26.3 Å². The molecule has 0 radical (unpaired) electrons. The van der Waals surface area contributed by atoms with Crippen molar-refractivity contribution in [3.8, 4) is 5.75 Å². The van der Waals surface area contributed by atoms with Crippen LogP contribution in [0.1, 0.15) is 44.9 Å². The molecule has 0 saturated heterocycles. The predicted molar refractivity (Wildman–Crippen MR) is 89.7 cm³/mol. The SMILES string of the molecule is COc1ccc(Br)cc1C(=O)c1cc2c(s1)CCCCC2. The number of thiophene rings is 1. The first kappa shape index (κ1) is 14.8. The minimum absolute atomic E-state index is 0.0613. The molecule has 2 aromatic rings. The van der Waals surface area contributed by atoms with Crippen molar-refractivity contribution >= 4 is 33.0 Å². The van der Waals surface area contributed by atoms with E-state index in [1.807, 2.05) is 18.2 Å². The van der Waals surface area contributed by atoms with E-state index in [9.17, 15) is 4.79 Å². The highest BCUT2D eigenvalue weighted by Crippen LogP contribution is 2.32. The standard InChI is InChI=1S/C17H17BrO2S/c1-20-14-8-7-12(18)10-13(14)17(19)16-9-11-5-3-2-4-6-15(11)21-16/h7-10H,2-6H2,1H3. The lowest BCUT2D eigenvalue weighted by atomic mass is 10.1. The molecule has 0 fully saturated rings. The number of halogens is 1. The maximum atomic E-state index is 12.8. The van der Waals surface area contributed by atoms with E-state index in [4.69, 9.17) is 4.74 Å². The highest BCUT2D eigenvalue weighted by Gasteiger charge is 2.20. The van der Waals surface area contributed by atoms with E-state index >= 15 is 0 Å². The third-order valence-corrected chi connectivity index (χ3v) is 5.61. The molecular weight excluding hydrogens is 348 g/mol. The first-order chi connectivity index (χ1) is 10.2. The summed E-state index contributed by atoms with van der Waals surface area (Å²) in [5.41, 5.74) is 2.00. The molecule has 1 aliphatic rings. The van der Waals surface area contributed by atoms with Gasteiger partial charge in [-0.15, -0.1) is 11.3 Å². The average molecular weight is 365 g/mol. The molecule has 110 valence electrons. The molecule has 0 spiro atoms. The molecule has 3 rings (SSSR count). The Balaban J connectivity index is 1.97. The van der Waals surface area contributed by atoms with Gasteiger partial charge in [0.15, 0.2) is 0 Å². The van der Waals surface area contributed by atoms with Crippen molar-refractivity contribution in [3.63, 3.8) is 0 Å². The quantitative estimate of drug-likeness (QED) is 0.564. The van der Waals surface area contributed by atoms with E-state index in [0.717, 1.165) is 22.2 Å². The Morgan fingerprint density at radius 2 is 2.00 bits per heavy atom. The van der Waals surface area contributed by atoms with Gasteiger partial charge in [-0.05, 0) is 55.5 Å². The van der Waals surface area contributed by atoms with Crippen molar-refractivity contribution in [2.45, 2.75) is 32.1 Å². The summed E-state index contributed by atoms with van der Waals surface area (Å²) in [6, 6.07) is 7.65. The summed E-state index contributed by atoms with van der Waals surface area (Å²) in [4.78, 5) is 15.0. The monoisotopic (exact) mass is 364 g/mol. The van der Waals surface area contributed by atoms with E-state index in [1.165, 1.54) is 29.7 Å². The molecule has 4 heteroatoms. The molecule has 0 saturated carbocycles. The number of hydrogen-bond acceptors (Lipinski definition) is 3. The van der Waals surface area contributed by atoms with E-state index in [1.54, 1.807) is 18.4 Å². The summed E-state index contributed by atoms with van der Waals surface area (Å²) in [6.07, 6.45) is 5.99. The van der Waals surface area contributed by atoms with Crippen molar-refractivity contribution in [2.24, 2.45) is 0 Å². The van der Waals surface area contributed by atoms with Gasteiger partial charge in [0.1, 0.15) is 5.75 Å². The Hall–Kier alpha value is -1.13. The average Bonchev–Trinajstić information content (AvgIpc) is 2.77. The fourth-order valence-electron chi connectivity index (χ4n) is 2.77. The Morgan fingerprint density at radius 1 is 1.19 bits per heavy atom. The molecule has 0 unspecified atom stereocenters. The lowest BCUT2D eigenvalue weighted by molar-refractivity contribution is 0.103. The van der Waals surface area contributed by atoms with E-state index in [0.29, 0.717) is 11.3 Å². The number of hydrogen-bond donors (Lipinski definition) is 0. The van der Waals surface area contributed by atoms with Crippen LogP contribution in [0.4, 0.5) is 0 Å². The molecule has 1 aromatic carbocycles. The fraction of sp³-hybridized carbons (Fsp3) is 0.353. The van der Waals surface area contributed by atoms with Crippen LogP contribution in [-0.4, -0.2) is 12.9 Å². The Morgan fingerprint density at radius 3 is 2.81 bits per heavy atom. The van der Waals surface area contributed by atoms with Gasteiger partial charge in [-0.3, -0.25) is 4.79 Å². The normalized spacial score (nSPS) is 14.4. The number of ether oxygens (including phenoxy) is 1. The minimum atomic E-state index is 0.0613. The van der Waals surface area contributed by atoms with Gasteiger partial charge in [-0.2, -0.15) is 0 Å². The molecule has 21 heavy (non-hydrogen) atoms. The summed E-state index contributed by atoms with van der Waals surface area (Å²) in [5, 5.41) is 0. The lowest BCUT2D eigenvalue weighted by Crippen LogP contribution is -2.02. The van der Waals surface area contributed by atoms with Gasteiger partial charge in [-0.25, -0.2) is 0 Å². The predicted octanol–water partition coefficient (Wildman–Crippen LogP) is 5.02. The zero-order chi connectivity index (χ0) is 14.8. The lowest BCUT2D eigenvalue weighted by Gasteiger charge is -2.07. The third kappa shape index (κ3) is 3.06. The zero-order valence-corrected chi connectivity index (χ0v) is 14.4. The Bertz CT molecular complexity index is 652. The summed E-state index contributed by atoms with van der Waals surface area (Å²) >= 11 is 5.09. The molecular formula is C17H17BrO2S. The summed E-state index contributed by atoms with van der Waals surface area (Å²) < 4.78 is 6.22. The van der Waals surface area contributed by atoms with E-state index in [-0.39, 0.29) is 5.78 Å². The maximum Gasteiger partial charge on any atom is 0.206 e. The molecule has 0 aliphatic heterocycles. The Labute approximate surface area is 137 Å². The van der Waals surface area contributed by atoms with Crippen molar-refractivity contribution < 1.29 is 9.53 Å². The van der Waals surface area contributed by atoms with Crippen molar-refractivity contribution in [1.82, 2.24) is 0 Å². The number of fused-ring (bicyclic) bond motifs is 1. The summed E-state index contributed by atoms with van der Waals surface area (Å²) in [7, 11) is 1.60. The first-order valence-corrected chi connectivity index (χ1v) is 8.80. The molecule has 1 aromatic heterocycles. The summed E-state index contributed by atoms with van der Waals surface area (Å²) in [6.45, 7) is 0. The molecule has 1 aliphatic carbocycles. The molecule has 0 N–H and O–H groups in total. The highest BCUT2D eigenvalue weighted by atomic mass is 79.9. The van der Waals surface area contributed by atoms with Crippen molar-refractivity contribution in [1.29, 1.82) is 0 Å². The number of benzene rings is 1. The number of aryl methyl sites for hydroxylation is 2. The number of ketones is 1. The smallest absolute Gasteiger partial charge is 0.206 e. The fourth-order valence-corrected chi connectivity index (χ4v) is 4.34. The van der Waals surface area contributed by atoms with Crippen molar-refractivity contribution in [3.05, 3.63) is 49.6 Å². The molecule has 0 amide bonds. The number of methoxy groups -OCH3 is 1.